The second-order valence-corrected chi connectivity index (χ2v) is 2.82. The number of hydrogen-bond donors (Lipinski definition) is 1. The standard InChI is InChI=1S/C8H7ClF3NO/c9-2-4-1-5(10)6(3-14)13-7(4)8(11)12/h1,8,14H,2-3H2. The van der Waals surface area contributed by atoms with Gasteiger partial charge in [-0.15, -0.1) is 11.6 Å². The predicted molar refractivity (Wildman–Crippen MR) is 44.6 cm³/mol. The maximum atomic E-state index is 13.0. The second kappa shape index (κ2) is 4.61. The molecule has 0 radical (unpaired) electrons. The molecule has 1 aromatic heterocycles. The number of alkyl halides is 3. The molecule has 0 aromatic carbocycles. The van der Waals surface area contributed by atoms with E-state index in [9.17, 15) is 13.2 Å². The predicted octanol–water partition coefficient (Wildman–Crippen LogP) is 2.39. The zero-order valence-electron chi connectivity index (χ0n) is 6.98. The van der Waals surface area contributed by atoms with Crippen LogP contribution in [0.2, 0.25) is 0 Å². The van der Waals surface area contributed by atoms with Gasteiger partial charge >= 0.3 is 0 Å². The van der Waals surface area contributed by atoms with Gasteiger partial charge in [0.1, 0.15) is 17.2 Å². The van der Waals surface area contributed by atoms with Crippen molar-refractivity contribution in [2.24, 2.45) is 0 Å². The van der Waals surface area contributed by atoms with Crippen molar-refractivity contribution in [1.82, 2.24) is 4.98 Å². The van der Waals surface area contributed by atoms with Gasteiger partial charge < -0.3 is 5.11 Å². The van der Waals surface area contributed by atoms with Crippen LogP contribution in [-0.4, -0.2) is 10.1 Å². The maximum absolute atomic E-state index is 13.0. The minimum Gasteiger partial charge on any atom is -0.390 e. The Morgan fingerprint density at radius 3 is 2.57 bits per heavy atom. The first-order chi connectivity index (χ1) is 6.60. The monoisotopic (exact) mass is 225 g/mol. The molecule has 2 nitrogen and oxygen atoms in total. The highest BCUT2D eigenvalue weighted by Gasteiger charge is 2.17. The lowest BCUT2D eigenvalue weighted by Crippen LogP contribution is -2.04. The van der Waals surface area contributed by atoms with Crippen molar-refractivity contribution in [3.63, 3.8) is 0 Å². The number of hydrogen-bond acceptors (Lipinski definition) is 2. The van der Waals surface area contributed by atoms with Crippen LogP contribution in [0.3, 0.4) is 0 Å². The largest absolute Gasteiger partial charge is 0.390 e. The van der Waals surface area contributed by atoms with Gasteiger partial charge in [0, 0.05) is 5.88 Å². The third kappa shape index (κ3) is 2.16. The van der Waals surface area contributed by atoms with E-state index in [-0.39, 0.29) is 11.4 Å². The van der Waals surface area contributed by atoms with E-state index in [1.165, 1.54) is 0 Å². The van der Waals surface area contributed by atoms with Crippen molar-refractivity contribution in [2.45, 2.75) is 18.9 Å². The summed E-state index contributed by atoms with van der Waals surface area (Å²) in [5.41, 5.74) is -1.03. The first kappa shape index (κ1) is 11.3. The Balaban J connectivity index is 3.25. The first-order valence-electron chi connectivity index (χ1n) is 3.73. The molecule has 0 spiro atoms. The molecule has 1 rings (SSSR count). The lowest BCUT2D eigenvalue weighted by Gasteiger charge is -2.07. The van der Waals surface area contributed by atoms with Crippen LogP contribution in [0.15, 0.2) is 6.07 Å². The van der Waals surface area contributed by atoms with E-state index in [0.29, 0.717) is 0 Å². The Kier molecular flexibility index (Phi) is 3.71. The summed E-state index contributed by atoms with van der Waals surface area (Å²) in [5.74, 6) is -1.07. The van der Waals surface area contributed by atoms with E-state index in [4.69, 9.17) is 16.7 Å². The molecule has 0 amide bonds. The van der Waals surface area contributed by atoms with E-state index in [1.54, 1.807) is 0 Å². The van der Waals surface area contributed by atoms with Crippen molar-refractivity contribution in [3.8, 4) is 0 Å². The zero-order valence-corrected chi connectivity index (χ0v) is 7.73. The summed E-state index contributed by atoms with van der Waals surface area (Å²) in [6.45, 7) is -0.714. The number of aliphatic hydroxyl groups excluding tert-OH is 1. The van der Waals surface area contributed by atoms with E-state index in [1.807, 2.05) is 0 Å². The summed E-state index contributed by atoms with van der Waals surface area (Å²) < 4.78 is 37.6. The van der Waals surface area contributed by atoms with Gasteiger partial charge in [0.15, 0.2) is 0 Å². The summed E-state index contributed by atoms with van der Waals surface area (Å²) in [7, 11) is 0. The van der Waals surface area contributed by atoms with Gasteiger partial charge in [0.25, 0.3) is 6.43 Å². The fourth-order valence-electron chi connectivity index (χ4n) is 0.988. The number of nitrogens with zero attached hydrogens (tertiary/aromatic N) is 1. The summed E-state index contributed by atoms with van der Waals surface area (Å²) in [6, 6.07) is 0.868. The minimum absolute atomic E-state index is 0.0589. The Hall–Kier alpha value is -0.810. The minimum atomic E-state index is -2.82. The highest BCUT2D eigenvalue weighted by molar-refractivity contribution is 6.17. The molecule has 1 heterocycles. The SMILES string of the molecule is OCc1nc(C(F)F)c(CCl)cc1F. The molecule has 0 atom stereocenters. The van der Waals surface area contributed by atoms with Gasteiger partial charge in [-0.25, -0.2) is 18.2 Å². The molecule has 0 aliphatic heterocycles. The van der Waals surface area contributed by atoms with Crippen LogP contribution in [0.5, 0.6) is 0 Å². The lowest BCUT2D eigenvalue weighted by atomic mass is 10.2. The van der Waals surface area contributed by atoms with Crippen molar-refractivity contribution in [1.29, 1.82) is 0 Å². The molecular formula is C8H7ClF3NO. The van der Waals surface area contributed by atoms with Crippen molar-refractivity contribution in [3.05, 3.63) is 28.8 Å². The summed E-state index contributed by atoms with van der Waals surface area (Å²) >= 11 is 5.34. The van der Waals surface area contributed by atoms with Crippen molar-refractivity contribution in [2.75, 3.05) is 0 Å². The summed E-state index contributed by atoms with van der Waals surface area (Å²) in [4.78, 5) is 3.30. The molecule has 0 fully saturated rings. The number of aromatic nitrogens is 1. The van der Waals surface area contributed by atoms with Crippen LogP contribution in [0.4, 0.5) is 13.2 Å². The third-order valence-electron chi connectivity index (χ3n) is 1.66. The second-order valence-electron chi connectivity index (χ2n) is 2.55. The molecule has 1 aromatic rings. The average Bonchev–Trinajstić information content (AvgIpc) is 2.16. The Bertz CT molecular complexity index is 333. The summed E-state index contributed by atoms with van der Waals surface area (Å²) in [5, 5.41) is 8.61. The number of rotatable bonds is 3. The third-order valence-corrected chi connectivity index (χ3v) is 1.95. The Morgan fingerprint density at radius 2 is 2.14 bits per heavy atom. The molecule has 1 N–H and O–H groups in total. The van der Waals surface area contributed by atoms with Crippen molar-refractivity contribution < 1.29 is 18.3 Å². The highest BCUT2D eigenvalue weighted by Crippen LogP contribution is 2.24. The van der Waals surface area contributed by atoms with E-state index in [2.05, 4.69) is 4.98 Å². The molecule has 6 heteroatoms. The van der Waals surface area contributed by atoms with E-state index < -0.39 is 30.2 Å². The van der Waals surface area contributed by atoms with Crippen molar-refractivity contribution >= 4 is 11.6 Å². The molecule has 0 bridgehead atoms. The topological polar surface area (TPSA) is 33.1 Å². The molecule has 78 valence electrons. The van der Waals surface area contributed by atoms with Gasteiger partial charge in [-0.05, 0) is 11.6 Å². The number of aliphatic hydroxyl groups is 1. The van der Waals surface area contributed by atoms with Gasteiger partial charge in [-0.1, -0.05) is 0 Å². The fraction of sp³-hybridized carbons (Fsp3) is 0.375. The van der Waals surface area contributed by atoms with Gasteiger partial charge in [-0.2, -0.15) is 0 Å². The van der Waals surface area contributed by atoms with Crippen LogP contribution in [-0.2, 0) is 12.5 Å². The van der Waals surface area contributed by atoms with Crippen LogP contribution < -0.4 is 0 Å². The van der Waals surface area contributed by atoms with Crippen LogP contribution >= 0.6 is 11.6 Å². The van der Waals surface area contributed by atoms with Gasteiger partial charge in [0.05, 0.1) is 6.61 Å². The number of halogens is 4. The average molecular weight is 226 g/mol. The molecular weight excluding hydrogens is 219 g/mol. The molecule has 0 saturated carbocycles. The van der Waals surface area contributed by atoms with Crippen LogP contribution in [0, 0.1) is 5.82 Å². The van der Waals surface area contributed by atoms with Gasteiger partial charge in [-0.3, -0.25) is 0 Å². The maximum Gasteiger partial charge on any atom is 0.280 e. The quantitative estimate of drug-likeness (QED) is 0.802. The van der Waals surface area contributed by atoms with E-state index in [0.717, 1.165) is 6.07 Å². The van der Waals surface area contributed by atoms with Gasteiger partial charge in [0.2, 0.25) is 0 Å². The molecule has 0 saturated heterocycles. The first-order valence-corrected chi connectivity index (χ1v) is 4.26. The fourth-order valence-corrected chi connectivity index (χ4v) is 1.20. The molecule has 0 unspecified atom stereocenters. The smallest absolute Gasteiger partial charge is 0.280 e. The molecule has 14 heavy (non-hydrogen) atoms. The molecule has 0 aliphatic rings. The Morgan fingerprint density at radius 1 is 1.50 bits per heavy atom. The summed E-state index contributed by atoms with van der Waals surface area (Å²) in [6.07, 6.45) is -2.82. The normalized spacial score (nSPS) is 11.0. The van der Waals surface area contributed by atoms with E-state index >= 15 is 0 Å². The number of pyridine rings is 1. The van der Waals surface area contributed by atoms with Crippen LogP contribution in [0.1, 0.15) is 23.4 Å². The lowest BCUT2D eigenvalue weighted by molar-refractivity contribution is 0.143. The highest BCUT2D eigenvalue weighted by atomic mass is 35.5. The van der Waals surface area contributed by atoms with Crippen LogP contribution in [0.25, 0.3) is 0 Å². The Labute approximate surface area is 83.3 Å². The zero-order chi connectivity index (χ0) is 10.7. The molecule has 0 aliphatic carbocycles.